The highest BCUT2D eigenvalue weighted by Gasteiger charge is 2.25. The molecular weight excluding hydrogens is 130 g/mol. The highest BCUT2D eigenvalue weighted by molar-refractivity contribution is 5.83. The van der Waals surface area contributed by atoms with Gasteiger partial charge < -0.3 is 5.11 Å². The first-order chi connectivity index (χ1) is 4.79. The van der Waals surface area contributed by atoms with Crippen molar-refractivity contribution in [2.24, 2.45) is 0 Å². The van der Waals surface area contributed by atoms with Crippen LogP contribution in [0.1, 0.15) is 23.0 Å². The molecule has 1 aromatic rings. The van der Waals surface area contributed by atoms with Crippen molar-refractivity contribution in [1.82, 2.24) is 4.57 Å². The molecule has 1 aromatic heterocycles. The number of aliphatic hydroxyl groups excluding tert-OH is 1. The van der Waals surface area contributed by atoms with Gasteiger partial charge in [-0.05, 0) is 12.1 Å². The Morgan fingerprint density at radius 2 is 2.50 bits per heavy atom. The van der Waals surface area contributed by atoms with Crippen molar-refractivity contribution < 1.29 is 9.90 Å². The summed E-state index contributed by atoms with van der Waals surface area (Å²) < 4.78 is 1.49. The van der Waals surface area contributed by atoms with Crippen molar-refractivity contribution in [1.29, 1.82) is 0 Å². The van der Waals surface area contributed by atoms with Gasteiger partial charge in [0, 0.05) is 6.20 Å². The van der Waals surface area contributed by atoms with Gasteiger partial charge in [0.15, 0.2) is 0 Å². The minimum atomic E-state index is -0.581. The highest BCUT2D eigenvalue weighted by atomic mass is 16.3. The van der Waals surface area contributed by atoms with Crippen LogP contribution in [0.15, 0.2) is 18.3 Å². The number of aromatic nitrogens is 1. The third-order valence-electron chi connectivity index (χ3n) is 1.76. The molecule has 0 aliphatic carbocycles. The summed E-state index contributed by atoms with van der Waals surface area (Å²) >= 11 is 0. The van der Waals surface area contributed by atoms with Gasteiger partial charge >= 0.3 is 0 Å². The predicted octanol–water partition coefficient (Wildman–Crippen LogP) is 0.565. The summed E-state index contributed by atoms with van der Waals surface area (Å²) in [6, 6.07) is 3.52. The third kappa shape index (κ3) is 0.552. The Bertz CT molecular complexity index is 277. The van der Waals surface area contributed by atoms with Crippen LogP contribution in [0.3, 0.4) is 0 Å². The zero-order chi connectivity index (χ0) is 7.14. The normalized spacial score (nSPS) is 23.3. The van der Waals surface area contributed by atoms with Gasteiger partial charge in [-0.1, -0.05) is 0 Å². The van der Waals surface area contributed by atoms with E-state index in [-0.39, 0.29) is 12.3 Å². The lowest BCUT2D eigenvalue weighted by Crippen LogP contribution is -2.00. The lowest BCUT2D eigenvalue weighted by atomic mass is 10.2. The molecule has 3 nitrogen and oxygen atoms in total. The number of carbonyl (C=O) groups is 1. The molecule has 52 valence electrons. The van der Waals surface area contributed by atoms with Gasteiger partial charge in [0.25, 0.3) is 0 Å². The first kappa shape index (κ1) is 5.68. The van der Waals surface area contributed by atoms with Gasteiger partial charge in [0.1, 0.15) is 6.10 Å². The Hall–Kier alpha value is -1.09. The molecule has 0 radical (unpaired) electrons. The number of fused-ring (bicyclic) bond motifs is 1. The van der Waals surface area contributed by atoms with Crippen molar-refractivity contribution in [3.8, 4) is 0 Å². The van der Waals surface area contributed by atoms with Gasteiger partial charge in [0.2, 0.25) is 5.91 Å². The Morgan fingerprint density at radius 1 is 1.70 bits per heavy atom. The molecule has 0 spiro atoms. The van der Waals surface area contributed by atoms with E-state index in [4.69, 9.17) is 0 Å². The SMILES string of the molecule is O=C1C[C@H](O)c2cccn21. The fourth-order valence-corrected chi connectivity index (χ4v) is 1.26. The lowest BCUT2D eigenvalue weighted by Gasteiger charge is -1.94. The number of rotatable bonds is 0. The molecule has 0 saturated heterocycles. The van der Waals surface area contributed by atoms with Gasteiger partial charge in [-0.2, -0.15) is 0 Å². The summed E-state index contributed by atoms with van der Waals surface area (Å²) in [7, 11) is 0. The monoisotopic (exact) mass is 137 g/mol. The van der Waals surface area contributed by atoms with E-state index in [1.54, 1.807) is 18.3 Å². The molecule has 10 heavy (non-hydrogen) atoms. The molecule has 1 N–H and O–H groups in total. The van der Waals surface area contributed by atoms with E-state index in [0.29, 0.717) is 5.69 Å². The summed E-state index contributed by atoms with van der Waals surface area (Å²) in [5, 5.41) is 9.20. The summed E-state index contributed by atoms with van der Waals surface area (Å²) in [5.74, 6) is -0.0208. The summed E-state index contributed by atoms with van der Waals surface area (Å²) in [6.07, 6.45) is 1.33. The Morgan fingerprint density at radius 3 is 3.20 bits per heavy atom. The van der Waals surface area contributed by atoms with Crippen LogP contribution in [0.5, 0.6) is 0 Å². The van der Waals surface area contributed by atoms with E-state index in [9.17, 15) is 9.90 Å². The molecule has 1 atom stereocenters. The summed E-state index contributed by atoms with van der Waals surface area (Å²) in [6.45, 7) is 0. The second-order valence-corrected chi connectivity index (χ2v) is 2.42. The molecule has 3 heteroatoms. The summed E-state index contributed by atoms with van der Waals surface area (Å²) in [5.41, 5.74) is 0.713. The second kappa shape index (κ2) is 1.70. The maximum Gasteiger partial charge on any atom is 0.233 e. The van der Waals surface area contributed by atoms with Crippen molar-refractivity contribution in [2.45, 2.75) is 12.5 Å². The predicted molar refractivity (Wildman–Crippen MR) is 34.6 cm³/mol. The minimum Gasteiger partial charge on any atom is -0.386 e. The van der Waals surface area contributed by atoms with Crippen molar-refractivity contribution in [2.75, 3.05) is 0 Å². The van der Waals surface area contributed by atoms with E-state index in [1.165, 1.54) is 4.57 Å². The fraction of sp³-hybridized carbons (Fsp3) is 0.286. The first-order valence-corrected chi connectivity index (χ1v) is 3.17. The van der Waals surface area contributed by atoms with Crippen molar-refractivity contribution in [3.63, 3.8) is 0 Å². The molecule has 1 aliphatic heterocycles. The molecule has 0 saturated carbocycles. The molecule has 2 rings (SSSR count). The smallest absolute Gasteiger partial charge is 0.233 e. The molecule has 0 aromatic carbocycles. The average Bonchev–Trinajstić information content (AvgIpc) is 2.39. The van der Waals surface area contributed by atoms with Crippen LogP contribution in [0.25, 0.3) is 0 Å². The van der Waals surface area contributed by atoms with Crippen LogP contribution in [-0.2, 0) is 0 Å². The van der Waals surface area contributed by atoms with Gasteiger partial charge in [-0.15, -0.1) is 0 Å². The lowest BCUT2D eigenvalue weighted by molar-refractivity contribution is 0.0879. The second-order valence-electron chi connectivity index (χ2n) is 2.42. The first-order valence-electron chi connectivity index (χ1n) is 3.17. The van der Waals surface area contributed by atoms with E-state index in [2.05, 4.69) is 0 Å². The Labute approximate surface area is 57.9 Å². The van der Waals surface area contributed by atoms with Crippen LogP contribution in [0.4, 0.5) is 0 Å². The van der Waals surface area contributed by atoms with Crippen LogP contribution < -0.4 is 0 Å². The number of nitrogens with zero attached hydrogens (tertiary/aromatic N) is 1. The largest absolute Gasteiger partial charge is 0.386 e. The minimum absolute atomic E-state index is 0.0208. The van der Waals surface area contributed by atoms with Crippen LogP contribution in [0, 0.1) is 0 Å². The van der Waals surface area contributed by atoms with Crippen molar-refractivity contribution >= 4 is 5.91 Å². The van der Waals surface area contributed by atoms with E-state index in [1.807, 2.05) is 0 Å². The van der Waals surface area contributed by atoms with Gasteiger partial charge in [-0.25, -0.2) is 0 Å². The molecule has 0 fully saturated rings. The molecule has 1 aliphatic rings. The topological polar surface area (TPSA) is 42.2 Å². The molecule has 0 amide bonds. The molecule has 0 unspecified atom stereocenters. The maximum absolute atomic E-state index is 10.9. The van der Waals surface area contributed by atoms with Crippen molar-refractivity contribution in [3.05, 3.63) is 24.0 Å². The maximum atomic E-state index is 10.9. The van der Waals surface area contributed by atoms with Crippen LogP contribution >= 0.6 is 0 Å². The van der Waals surface area contributed by atoms with E-state index >= 15 is 0 Å². The zero-order valence-electron chi connectivity index (χ0n) is 5.32. The fourth-order valence-electron chi connectivity index (χ4n) is 1.26. The summed E-state index contributed by atoms with van der Waals surface area (Å²) in [4.78, 5) is 10.9. The number of aliphatic hydroxyl groups is 1. The van der Waals surface area contributed by atoms with Gasteiger partial charge in [0.05, 0.1) is 12.1 Å². The Kier molecular flexibility index (Phi) is 0.964. The molecule has 0 bridgehead atoms. The average molecular weight is 137 g/mol. The number of hydrogen-bond acceptors (Lipinski definition) is 2. The molecular formula is C7H7NO2. The van der Waals surface area contributed by atoms with Crippen LogP contribution in [-0.4, -0.2) is 15.6 Å². The quantitative estimate of drug-likeness (QED) is 0.567. The van der Waals surface area contributed by atoms with E-state index < -0.39 is 6.10 Å². The standard InChI is InChI=1S/C7H7NO2/c9-6-4-7(10)8-3-1-2-5(6)8/h1-3,6,9H,4H2/t6-/m0/s1. The van der Waals surface area contributed by atoms with E-state index in [0.717, 1.165) is 0 Å². The number of hydrogen-bond donors (Lipinski definition) is 1. The zero-order valence-corrected chi connectivity index (χ0v) is 5.32. The molecule has 2 heterocycles. The van der Waals surface area contributed by atoms with Crippen LogP contribution in [0.2, 0.25) is 0 Å². The number of carbonyl (C=O) groups excluding carboxylic acids is 1. The van der Waals surface area contributed by atoms with Gasteiger partial charge in [-0.3, -0.25) is 9.36 Å². The Balaban J connectivity index is 2.58. The highest BCUT2D eigenvalue weighted by Crippen LogP contribution is 2.24. The third-order valence-corrected chi connectivity index (χ3v) is 1.76.